The largest absolute Gasteiger partial charge is 0.494 e. The van der Waals surface area contributed by atoms with Crippen LogP contribution < -0.4 is 10.1 Å². The van der Waals surface area contributed by atoms with Crippen LogP contribution in [-0.4, -0.2) is 43.8 Å². The number of ether oxygens (including phenoxy) is 1. The van der Waals surface area contributed by atoms with Gasteiger partial charge in [-0.25, -0.2) is 13.4 Å². The Morgan fingerprint density at radius 3 is 2.72 bits per heavy atom. The summed E-state index contributed by atoms with van der Waals surface area (Å²) < 4.78 is 34.0. The molecule has 2 heterocycles. The fourth-order valence-corrected chi connectivity index (χ4v) is 6.97. The van der Waals surface area contributed by atoms with Gasteiger partial charge in [-0.2, -0.15) is 4.31 Å². The second-order valence-electron chi connectivity index (χ2n) is 8.28. The van der Waals surface area contributed by atoms with Crippen LogP contribution in [0.3, 0.4) is 0 Å². The first-order valence-corrected chi connectivity index (χ1v) is 13.1. The number of para-hydroxylation sites is 1. The molecular formula is C23H25N3O4S2. The number of carbonyl (C=O) groups is 1. The number of methoxy groups -OCH3 is 1. The van der Waals surface area contributed by atoms with Gasteiger partial charge in [-0.05, 0) is 67.5 Å². The van der Waals surface area contributed by atoms with Crippen molar-refractivity contribution in [2.75, 3.05) is 25.5 Å². The quantitative estimate of drug-likeness (QED) is 0.611. The highest BCUT2D eigenvalue weighted by molar-refractivity contribution is 7.89. The van der Waals surface area contributed by atoms with Gasteiger partial charge in [0.25, 0.3) is 0 Å². The number of anilines is 1. The molecule has 0 unspecified atom stereocenters. The third kappa shape index (κ3) is 3.89. The molecule has 0 bridgehead atoms. The van der Waals surface area contributed by atoms with Crippen LogP contribution in [0.1, 0.15) is 30.4 Å². The van der Waals surface area contributed by atoms with E-state index < -0.39 is 10.0 Å². The average Bonchev–Trinajstić information content (AvgIpc) is 3.44. The molecule has 3 aromatic rings. The van der Waals surface area contributed by atoms with Crippen molar-refractivity contribution >= 4 is 42.6 Å². The van der Waals surface area contributed by atoms with Gasteiger partial charge in [0.2, 0.25) is 15.9 Å². The molecule has 0 radical (unpaired) electrons. The molecule has 1 amide bonds. The lowest BCUT2D eigenvalue weighted by molar-refractivity contribution is -0.120. The van der Waals surface area contributed by atoms with Crippen molar-refractivity contribution in [3.05, 3.63) is 47.5 Å². The van der Waals surface area contributed by atoms with Crippen molar-refractivity contribution in [2.45, 2.75) is 37.0 Å². The fourth-order valence-electron chi connectivity index (χ4n) is 4.56. The van der Waals surface area contributed by atoms with Crippen LogP contribution in [0.4, 0.5) is 5.13 Å². The maximum absolute atomic E-state index is 13.1. The van der Waals surface area contributed by atoms with E-state index in [1.165, 1.54) is 21.2 Å². The number of nitrogens with zero attached hydrogens (tertiary/aromatic N) is 2. The monoisotopic (exact) mass is 471 g/mol. The Morgan fingerprint density at radius 1 is 1.16 bits per heavy atom. The average molecular weight is 472 g/mol. The Bertz CT molecular complexity index is 1280. The zero-order chi connectivity index (χ0) is 22.3. The van der Waals surface area contributed by atoms with E-state index in [9.17, 15) is 13.2 Å². The Kier molecular flexibility index (Phi) is 5.65. The summed E-state index contributed by atoms with van der Waals surface area (Å²) in [5.41, 5.74) is 3.13. The number of hydrogen-bond donors (Lipinski definition) is 1. The molecule has 2 aliphatic rings. The zero-order valence-corrected chi connectivity index (χ0v) is 19.5. The second-order valence-corrected chi connectivity index (χ2v) is 11.2. The molecular weight excluding hydrogens is 446 g/mol. The van der Waals surface area contributed by atoms with Crippen molar-refractivity contribution in [3.8, 4) is 5.75 Å². The van der Waals surface area contributed by atoms with E-state index in [2.05, 4.69) is 10.3 Å². The molecule has 1 fully saturated rings. The molecule has 168 valence electrons. The second kappa shape index (κ2) is 8.46. The van der Waals surface area contributed by atoms with Crippen molar-refractivity contribution in [1.82, 2.24) is 9.29 Å². The molecule has 0 atom stereocenters. The van der Waals surface area contributed by atoms with Gasteiger partial charge in [0, 0.05) is 19.0 Å². The highest BCUT2D eigenvalue weighted by Crippen LogP contribution is 2.33. The fraction of sp³-hybridized carbons (Fsp3) is 0.391. The van der Waals surface area contributed by atoms with E-state index in [1.807, 2.05) is 30.3 Å². The molecule has 0 spiro atoms. The van der Waals surface area contributed by atoms with Crippen LogP contribution in [0.2, 0.25) is 0 Å². The summed E-state index contributed by atoms with van der Waals surface area (Å²) in [7, 11) is -1.94. The van der Waals surface area contributed by atoms with Crippen molar-refractivity contribution in [1.29, 1.82) is 0 Å². The molecule has 1 aliphatic carbocycles. The summed E-state index contributed by atoms with van der Waals surface area (Å²) in [6, 6.07) is 11.2. The number of piperidine rings is 1. The van der Waals surface area contributed by atoms with Crippen molar-refractivity contribution in [2.24, 2.45) is 5.92 Å². The maximum atomic E-state index is 13.1. The lowest BCUT2D eigenvalue weighted by Crippen LogP contribution is -2.41. The first-order valence-electron chi connectivity index (χ1n) is 10.8. The number of sulfonamides is 1. The highest BCUT2D eigenvalue weighted by Gasteiger charge is 2.33. The van der Waals surface area contributed by atoms with Gasteiger partial charge in [-0.1, -0.05) is 23.5 Å². The summed E-state index contributed by atoms with van der Waals surface area (Å²) in [5, 5.41) is 3.44. The van der Waals surface area contributed by atoms with Crippen LogP contribution >= 0.6 is 11.3 Å². The van der Waals surface area contributed by atoms with Crippen molar-refractivity contribution < 1.29 is 17.9 Å². The Labute approximate surface area is 191 Å². The van der Waals surface area contributed by atoms with Crippen molar-refractivity contribution in [3.63, 3.8) is 0 Å². The van der Waals surface area contributed by atoms with Crippen LogP contribution in [0.15, 0.2) is 41.3 Å². The minimum absolute atomic E-state index is 0.113. The summed E-state index contributed by atoms with van der Waals surface area (Å²) >= 11 is 1.40. The minimum atomic E-state index is -3.54. The minimum Gasteiger partial charge on any atom is -0.494 e. The first kappa shape index (κ1) is 21.4. The van der Waals surface area contributed by atoms with Gasteiger partial charge in [0.05, 0.1) is 16.7 Å². The molecule has 32 heavy (non-hydrogen) atoms. The molecule has 9 heteroatoms. The molecule has 1 saturated heterocycles. The summed E-state index contributed by atoms with van der Waals surface area (Å²) in [4.78, 5) is 17.7. The Balaban J connectivity index is 1.24. The summed E-state index contributed by atoms with van der Waals surface area (Å²) in [6.45, 7) is 0.677. The number of rotatable bonds is 5. The molecule has 1 aliphatic heterocycles. The first-order chi connectivity index (χ1) is 15.5. The van der Waals surface area contributed by atoms with E-state index in [1.54, 1.807) is 13.2 Å². The van der Waals surface area contributed by atoms with Crippen LogP contribution in [0, 0.1) is 5.92 Å². The Hall–Kier alpha value is -2.49. The number of carbonyl (C=O) groups excluding carboxylic acids is 1. The molecule has 1 aromatic heterocycles. The zero-order valence-electron chi connectivity index (χ0n) is 17.8. The number of amides is 1. The lowest BCUT2D eigenvalue weighted by Gasteiger charge is -2.30. The number of thiazole rings is 1. The maximum Gasteiger partial charge on any atom is 0.243 e. The van der Waals surface area contributed by atoms with Crippen LogP contribution in [-0.2, 0) is 27.7 Å². The predicted molar refractivity (Wildman–Crippen MR) is 125 cm³/mol. The summed E-state index contributed by atoms with van der Waals surface area (Å²) in [6.07, 6.45) is 4.03. The molecule has 0 saturated carbocycles. The number of aromatic nitrogens is 1. The van der Waals surface area contributed by atoms with Gasteiger partial charge in [-0.15, -0.1) is 0 Å². The van der Waals surface area contributed by atoms with Gasteiger partial charge in [0.15, 0.2) is 5.13 Å². The van der Waals surface area contributed by atoms with E-state index in [0.717, 1.165) is 35.0 Å². The van der Waals surface area contributed by atoms with E-state index in [-0.39, 0.29) is 11.8 Å². The normalized spacial score (nSPS) is 17.4. The number of hydrogen-bond acceptors (Lipinski definition) is 6. The van der Waals surface area contributed by atoms with E-state index in [0.29, 0.717) is 41.7 Å². The van der Waals surface area contributed by atoms with Gasteiger partial charge < -0.3 is 10.1 Å². The van der Waals surface area contributed by atoms with E-state index in [4.69, 9.17) is 4.74 Å². The number of fused-ring (bicyclic) bond motifs is 2. The summed E-state index contributed by atoms with van der Waals surface area (Å²) in [5.74, 6) is 0.317. The number of nitrogens with one attached hydrogen (secondary N) is 1. The van der Waals surface area contributed by atoms with Crippen LogP contribution in [0.25, 0.3) is 10.2 Å². The molecule has 1 N–H and O–H groups in total. The number of benzene rings is 2. The van der Waals surface area contributed by atoms with Gasteiger partial charge in [0.1, 0.15) is 11.3 Å². The molecule has 7 nitrogen and oxygen atoms in total. The third-order valence-corrected chi connectivity index (χ3v) is 9.20. The standard InChI is InChI=1S/C23H25N3O4S2/c1-30-19-6-3-7-20-21(19)24-23(31-20)25-22(27)16-10-12-26(13-11-16)32(28,29)18-9-8-15-4-2-5-17(15)14-18/h3,6-9,14,16H,2,4-5,10-13H2,1H3,(H,24,25,27). The highest BCUT2D eigenvalue weighted by atomic mass is 32.2. The SMILES string of the molecule is COc1cccc2sc(NC(=O)C3CCN(S(=O)(=O)c4ccc5c(c4)CCC5)CC3)nc12. The molecule has 5 rings (SSSR count). The lowest BCUT2D eigenvalue weighted by atomic mass is 9.97. The third-order valence-electron chi connectivity index (χ3n) is 6.36. The topological polar surface area (TPSA) is 88.6 Å². The molecule has 2 aromatic carbocycles. The van der Waals surface area contributed by atoms with E-state index >= 15 is 0 Å². The van der Waals surface area contributed by atoms with Crippen LogP contribution in [0.5, 0.6) is 5.75 Å². The smallest absolute Gasteiger partial charge is 0.243 e. The predicted octanol–water partition coefficient (Wildman–Crippen LogP) is 3.83. The number of aryl methyl sites for hydroxylation is 2. The Morgan fingerprint density at radius 2 is 1.94 bits per heavy atom. The van der Waals surface area contributed by atoms with Gasteiger partial charge >= 0.3 is 0 Å². The van der Waals surface area contributed by atoms with Gasteiger partial charge in [-0.3, -0.25) is 4.79 Å².